The van der Waals surface area contributed by atoms with Crippen molar-refractivity contribution in [2.45, 2.75) is 57.2 Å². The highest BCUT2D eigenvalue weighted by Crippen LogP contribution is 2.24. The number of nitrogens with zero attached hydrogens (tertiary/aromatic N) is 1. The minimum absolute atomic E-state index is 0. The van der Waals surface area contributed by atoms with E-state index in [0.29, 0.717) is 30.0 Å². The van der Waals surface area contributed by atoms with Gasteiger partial charge in [-0.2, -0.15) is 0 Å². The van der Waals surface area contributed by atoms with Crippen LogP contribution in [0, 0.1) is 0 Å². The molecular weight excluding hydrogens is 489 g/mol. The lowest BCUT2D eigenvalue weighted by Gasteiger charge is -2.30. The predicted molar refractivity (Wildman–Crippen MR) is 128 cm³/mol. The quantitative estimate of drug-likeness (QED) is 0.277. The number of methoxy groups -OCH3 is 1. The summed E-state index contributed by atoms with van der Waals surface area (Å²) in [6.07, 6.45) is 4.83. The van der Waals surface area contributed by atoms with Crippen LogP contribution in [0.1, 0.15) is 45.1 Å². The summed E-state index contributed by atoms with van der Waals surface area (Å²) in [5.74, 6) is 2.40. The van der Waals surface area contributed by atoms with Crippen molar-refractivity contribution in [3.8, 4) is 11.5 Å². The minimum Gasteiger partial charge on any atom is -0.508 e. The van der Waals surface area contributed by atoms with Crippen LogP contribution in [0.5, 0.6) is 11.5 Å². The summed E-state index contributed by atoms with van der Waals surface area (Å²) >= 11 is 0. The Balaban J connectivity index is 0.00000392. The van der Waals surface area contributed by atoms with E-state index in [0.717, 1.165) is 49.5 Å². The second kappa shape index (κ2) is 13.2. The highest BCUT2D eigenvalue weighted by molar-refractivity contribution is 14.0. The van der Waals surface area contributed by atoms with Crippen LogP contribution in [0.15, 0.2) is 23.2 Å². The van der Waals surface area contributed by atoms with Gasteiger partial charge < -0.3 is 20.5 Å². The average Bonchev–Trinajstić information content (AvgIpc) is 2.68. The fraction of sp³-hybridized carbons (Fsp3) is 0.650. The maximum Gasteiger partial charge on any atom is 0.191 e. The first-order chi connectivity index (χ1) is 13.1. The number of hydrogen-bond donors (Lipinski definition) is 3. The van der Waals surface area contributed by atoms with Crippen LogP contribution in [0.4, 0.5) is 0 Å². The maximum absolute atomic E-state index is 12.1. The van der Waals surface area contributed by atoms with Gasteiger partial charge in [0, 0.05) is 47.0 Å². The molecule has 0 bridgehead atoms. The molecular formula is C20H34IN3O3S. The molecule has 1 aromatic carbocycles. The van der Waals surface area contributed by atoms with Gasteiger partial charge in [0.25, 0.3) is 0 Å². The molecule has 28 heavy (non-hydrogen) atoms. The first-order valence-electron chi connectivity index (χ1n) is 9.85. The fourth-order valence-corrected chi connectivity index (χ4v) is 4.78. The van der Waals surface area contributed by atoms with Gasteiger partial charge in [-0.1, -0.05) is 19.4 Å². The van der Waals surface area contributed by atoms with E-state index in [1.807, 2.05) is 26.0 Å². The Morgan fingerprint density at radius 2 is 2.14 bits per heavy atom. The number of nitrogens with one attached hydrogen (secondary N) is 2. The highest BCUT2D eigenvalue weighted by atomic mass is 127. The number of aromatic hydroxyl groups is 1. The predicted octanol–water partition coefficient (Wildman–Crippen LogP) is 3.20. The van der Waals surface area contributed by atoms with E-state index in [2.05, 4.69) is 15.6 Å². The molecule has 8 heteroatoms. The molecule has 0 saturated heterocycles. The number of aliphatic imine (C=N–C) groups is 1. The minimum atomic E-state index is -0.727. The lowest BCUT2D eigenvalue weighted by molar-refractivity contribution is 0.406. The van der Waals surface area contributed by atoms with Gasteiger partial charge in [0.15, 0.2) is 5.96 Å². The summed E-state index contributed by atoms with van der Waals surface area (Å²) in [6.45, 7) is 5.40. The zero-order valence-corrected chi connectivity index (χ0v) is 20.2. The van der Waals surface area contributed by atoms with Crippen LogP contribution in [0.2, 0.25) is 0 Å². The fourth-order valence-electron chi connectivity index (χ4n) is 3.43. The van der Waals surface area contributed by atoms with E-state index in [-0.39, 0.29) is 29.7 Å². The lowest BCUT2D eigenvalue weighted by Crippen LogP contribution is -2.46. The first kappa shape index (κ1) is 25.0. The van der Waals surface area contributed by atoms with Crippen LogP contribution in [-0.2, 0) is 17.2 Å². The molecule has 1 fully saturated rings. The number of guanidine groups is 1. The largest absolute Gasteiger partial charge is 0.508 e. The zero-order chi connectivity index (χ0) is 19.6. The molecule has 3 atom stereocenters. The Hall–Kier alpha value is -1.03. The summed E-state index contributed by atoms with van der Waals surface area (Å²) in [7, 11) is 0.856. The van der Waals surface area contributed by atoms with Gasteiger partial charge in [0.2, 0.25) is 0 Å². The second-order valence-electron chi connectivity index (χ2n) is 6.80. The number of rotatable bonds is 8. The third-order valence-corrected chi connectivity index (χ3v) is 6.65. The normalized spacial score (nSPS) is 20.8. The molecule has 0 amide bonds. The van der Waals surface area contributed by atoms with Crippen molar-refractivity contribution in [3.05, 3.63) is 23.8 Å². The Labute approximate surface area is 188 Å². The van der Waals surface area contributed by atoms with E-state index in [9.17, 15) is 9.32 Å². The average molecular weight is 523 g/mol. The molecule has 3 N–H and O–H groups in total. The summed E-state index contributed by atoms with van der Waals surface area (Å²) in [4.78, 5) is 4.65. The molecule has 1 aromatic rings. The van der Waals surface area contributed by atoms with Crippen molar-refractivity contribution < 1.29 is 14.1 Å². The van der Waals surface area contributed by atoms with Crippen molar-refractivity contribution >= 4 is 40.7 Å². The van der Waals surface area contributed by atoms with Crippen molar-refractivity contribution in [2.24, 2.45) is 4.99 Å². The van der Waals surface area contributed by atoms with Crippen molar-refractivity contribution in [2.75, 3.05) is 26.0 Å². The molecule has 0 aromatic heterocycles. The molecule has 1 aliphatic rings. The van der Waals surface area contributed by atoms with E-state index in [1.165, 1.54) is 0 Å². The molecule has 0 radical (unpaired) electrons. The standard InChI is InChI=1S/C20H33N3O3S.HI/c1-4-21-20(23-16-7-6-8-18(13-16)27(25)5-2)22-12-11-15-9-10-17(26-3)14-19(15)24;/h9-10,14,16,18,24H,4-8,11-13H2,1-3H3,(H2,21,22,23);1H. The van der Waals surface area contributed by atoms with Gasteiger partial charge in [0.05, 0.1) is 7.11 Å². The molecule has 3 unspecified atom stereocenters. The number of phenolic OH excluding ortho intramolecular Hbond substituents is 1. The van der Waals surface area contributed by atoms with Crippen LogP contribution >= 0.6 is 24.0 Å². The number of halogens is 1. The first-order valence-corrected chi connectivity index (χ1v) is 11.2. The van der Waals surface area contributed by atoms with Crippen LogP contribution in [0.25, 0.3) is 0 Å². The Morgan fingerprint density at radius 3 is 2.79 bits per heavy atom. The van der Waals surface area contributed by atoms with Gasteiger partial charge in [-0.15, -0.1) is 24.0 Å². The van der Waals surface area contributed by atoms with Gasteiger partial charge in [-0.3, -0.25) is 9.20 Å². The van der Waals surface area contributed by atoms with E-state index in [1.54, 1.807) is 13.2 Å². The summed E-state index contributed by atoms with van der Waals surface area (Å²) in [5, 5.41) is 17.2. The zero-order valence-electron chi connectivity index (χ0n) is 17.1. The van der Waals surface area contributed by atoms with Crippen molar-refractivity contribution in [1.82, 2.24) is 10.6 Å². The highest BCUT2D eigenvalue weighted by Gasteiger charge is 2.26. The smallest absolute Gasteiger partial charge is 0.191 e. The summed E-state index contributed by atoms with van der Waals surface area (Å²) in [5.41, 5.74) is 0.853. The van der Waals surface area contributed by atoms with Crippen molar-refractivity contribution in [1.29, 1.82) is 0 Å². The molecule has 1 aliphatic carbocycles. The molecule has 1 saturated carbocycles. The Morgan fingerprint density at radius 1 is 1.36 bits per heavy atom. The second-order valence-corrected chi connectivity index (χ2v) is 8.81. The van der Waals surface area contributed by atoms with E-state index in [4.69, 9.17) is 4.74 Å². The summed E-state index contributed by atoms with van der Waals surface area (Å²) < 4.78 is 17.2. The van der Waals surface area contributed by atoms with Crippen molar-refractivity contribution in [3.63, 3.8) is 0 Å². The summed E-state index contributed by atoms with van der Waals surface area (Å²) in [6, 6.07) is 5.65. The monoisotopic (exact) mass is 523 g/mol. The third-order valence-electron chi connectivity index (χ3n) is 4.91. The molecule has 160 valence electrons. The molecule has 2 rings (SSSR count). The lowest BCUT2D eigenvalue weighted by atomic mass is 9.95. The van der Waals surface area contributed by atoms with Gasteiger partial charge in [-0.05, 0) is 44.2 Å². The van der Waals surface area contributed by atoms with Crippen LogP contribution < -0.4 is 15.4 Å². The SMILES string of the molecule is CCNC(=NCCc1ccc(OC)cc1O)NC1CCCC(S(=O)CC)C1.I. The van der Waals surface area contributed by atoms with E-state index >= 15 is 0 Å². The number of phenols is 1. The molecule has 0 heterocycles. The van der Waals surface area contributed by atoms with Gasteiger partial charge in [-0.25, -0.2) is 0 Å². The van der Waals surface area contributed by atoms with Gasteiger partial charge in [0.1, 0.15) is 11.5 Å². The third kappa shape index (κ3) is 7.77. The maximum atomic E-state index is 12.1. The van der Waals surface area contributed by atoms with Crippen LogP contribution in [-0.4, -0.2) is 52.5 Å². The number of hydrogen-bond acceptors (Lipinski definition) is 4. The van der Waals surface area contributed by atoms with Crippen LogP contribution in [0.3, 0.4) is 0 Å². The Kier molecular flexibility index (Phi) is 11.8. The number of ether oxygens (including phenoxy) is 1. The Bertz CT molecular complexity index is 658. The molecule has 0 aliphatic heterocycles. The van der Waals surface area contributed by atoms with E-state index < -0.39 is 10.8 Å². The van der Waals surface area contributed by atoms with Gasteiger partial charge >= 0.3 is 0 Å². The molecule has 6 nitrogen and oxygen atoms in total. The topological polar surface area (TPSA) is 83.0 Å². The number of benzene rings is 1. The molecule has 0 spiro atoms.